The molecule has 0 amide bonds. The zero-order chi connectivity index (χ0) is 14.5. The monoisotopic (exact) mass is 288 g/mol. The number of nitrogens with zero attached hydrogens (tertiary/aromatic N) is 3. The van der Waals surface area contributed by atoms with Gasteiger partial charge in [0.25, 0.3) is 0 Å². The normalized spacial score (nSPS) is 24.3. The fraction of sp³-hybridized carbons (Fsp3) is 0.706. The Labute approximate surface area is 128 Å². The Morgan fingerprint density at radius 1 is 1.19 bits per heavy atom. The second kappa shape index (κ2) is 7.23. The van der Waals surface area contributed by atoms with Crippen molar-refractivity contribution in [3.05, 3.63) is 23.9 Å². The summed E-state index contributed by atoms with van der Waals surface area (Å²) in [5, 5.41) is 3.30. The average Bonchev–Trinajstić information content (AvgIpc) is 2.97. The Morgan fingerprint density at radius 3 is 2.86 bits per heavy atom. The summed E-state index contributed by atoms with van der Waals surface area (Å²) in [6, 6.07) is 7.09. The third kappa shape index (κ3) is 3.95. The molecule has 2 aliphatic heterocycles. The van der Waals surface area contributed by atoms with E-state index < -0.39 is 0 Å². The molecule has 1 aromatic heterocycles. The number of anilines is 1. The van der Waals surface area contributed by atoms with Crippen LogP contribution < -0.4 is 5.32 Å². The van der Waals surface area contributed by atoms with E-state index in [1.165, 1.54) is 57.6 Å². The van der Waals surface area contributed by atoms with Gasteiger partial charge in [-0.15, -0.1) is 0 Å². The topological polar surface area (TPSA) is 31.4 Å². The summed E-state index contributed by atoms with van der Waals surface area (Å²) in [5.74, 6) is 1.00. The van der Waals surface area contributed by atoms with Crippen molar-refractivity contribution in [2.24, 2.45) is 0 Å². The van der Waals surface area contributed by atoms with Crippen LogP contribution in [0.5, 0.6) is 0 Å². The molecule has 2 aliphatic rings. The zero-order valence-corrected chi connectivity index (χ0v) is 13.2. The summed E-state index contributed by atoms with van der Waals surface area (Å²) in [6.07, 6.45) is 5.53. The SMILES string of the molecule is CCNc1cccc(CN2CCC(N3CCCCC3)C2)n1. The van der Waals surface area contributed by atoms with E-state index in [-0.39, 0.29) is 0 Å². The largest absolute Gasteiger partial charge is 0.370 e. The van der Waals surface area contributed by atoms with Crippen LogP contribution in [-0.2, 0) is 6.54 Å². The van der Waals surface area contributed by atoms with Crippen LogP contribution in [-0.4, -0.2) is 53.5 Å². The number of rotatable bonds is 5. The molecule has 116 valence electrons. The third-order valence-electron chi connectivity index (χ3n) is 4.70. The van der Waals surface area contributed by atoms with Crippen molar-refractivity contribution in [2.75, 3.05) is 38.0 Å². The van der Waals surface area contributed by atoms with Gasteiger partial charge in [0.1, 0.15) is 5.82 Å². The maximum absolute atomic E-state index is 4.70. The average molecular weight is 288 g/mol. The highest BCUT2D eigenvalue weighted by Gasteiger charge is 2.28. The number of likely N-dealkylation sites (tertiary alicyclic amines) is 2. The van der Waals surface area contributed by atoms with Gasteiger partial charge in [-0.3, -0.25) is 9.80 Å². The molecule has 1 N–H and O–H groups in total. The first kappa shape index (κ1) is 14.8. The second-order valence-electron chi connectivity index (χ2n) is 6.32. The fourth-order valence-electron chi connectivity index (χ4n) is 3.61. The summed E-state index contributed by atoms with van der Waals surface area (Å²) in [7, 11) is 0. The van der Waals surface area contributed by atoms with Crippen LogP contribution in [0.1, 0.15) is 38.3 Å². The van der Waals surface area contributed by atoms with Crippen LogP contribution in [0, 0.1) is 0 Å². The van der Waals surface area contributed by atoms with E-state index in [0.29, 0.717) is 0 Å². The number of hydrogen-bond acceptors (Lipinski definition) is 4. The quantitative estimate of drug-likeness (QED) is 0.902. The molecule has 3 heterocycles. The van der Waals surface area contributed by atoms with Crippen LogP contribution in [0.3, 0.4) is 0 Å². The van der Waals surface area contributed by atoms with Gasteiger partial charge in [-0.25, -0.2) is 4.98 Å². The summed E-state index contributed by atoms with van der Waals surface area (Å²) >= 11 is 0. The Kier molecular flexibility index (Phi) is 5.09. The molecular weight excluding hydrogens is 260 g/mol. The first-order valence-electron chi connectivity index (χ1n) is 8.51. The third-order valence-corrected chi connectivity index (χ3v) is 4.70. The number of hydrogen-bond donors (Lipinski definition) is 1. The number of pyridine rings is 1. The molecule has 4 heteroatoms. The van der Waals surface area contributed by atoms with Gasteiger partial charge < -0.3 is 5.32 Å². The van der Waals surface area contributed by atoms with Gasteiger partial charge in [0, 0.05) is 32.2 Å². The first-order chi connectivity index (χ1) is 10.3. The molecule has 4 nitrogen and oxygen atoms in total. The summed E-state index contributed by atoms with van der Waals surface area (Å²) in [4.78, 5) is 9.98. The Hall–Kier alpha value is -1.13. The molecule has 1 unspecified atom stereocenters. The van der Waals surface area contributed by atoms with E-state index in [2.05, 4.69) is 34.2 Å². The van der Waals surface area contributed by atoms with E-state index in [1.807, 2.05) is 6.07 Å². The Morgan fingerprint density at radius 2 is 2.05 bits per heavy atom. The molecule has 2 fully saturated rings. The van der Waals surface area contributed by atoms with Crippen molar-refractivity contribution in [1.29, 1.82) is 0 Å². The number of piperidine rings is 1. The van der Waals surface area contributed by atoms with Crippen LogP contribution >= 0.6 is 0 Å². The highest BCUT2D eigenvalue weighted by Crippen LogP contribution is 2.21. The van der Waals surface area contributed by atoms with Crippen LogP contribution in [0.4, 0.5) is 5.82 Å². The number of aromatic nitrogens is 1. The molecule has 0 bridgehead atoms. The van der Waals surface area contributed by atoms with Gasteiger partial charge >= 0.3 is 0 Å². The highest BCUT2D eigenvalue weighted by atomic mass is 15.3. The lowest BCUT2D eigenvalue weighted by atomic mass is 10.1. The lowest BCUT2D eigenvalue weighted by molar-refractivity contribution is 0.161. The van der Waals surface area contributed by atoms with Crippen LogP contribution in [0.15, 0.2) is 18.2 Å². The fourth-order valence-corrected chi connectivity index (χ4v) is 3.61. The maximum atomic E-state index is 4.70. The van der Waals surface area contributed by atoms with Crippen molar-refractivity contribution in [2.45, 2.75) is 45.2 Å². The van der Waals surface area contributed by atoms with Crippen molar-refractivity contribution < 1.29 is 0 Å². The first-order valence-corrected chi connectivity index (χ1v) is 8.51. The lowest BCUT2D eigenvalue weighted by Crippen LogP contribution is -2.40. The minimum Gasteiger partial charge on any atom is -0.370 e. The van der Waals surface area contributed by atoms with Gasteiger partial charge in [0.15, 0.2) is 0 Å². The maximum Gasteiger partial charge on any atom is 0.126 e. The van der Waals surface area contributed by atoms with Gasteiger partial charge in [-0.2, -0.15) is 0 Å². The van der Waals surface area contributed by atoms with E-state index in [0.717, 1.165) is 24.9 Å². The molecule has 21 heavy (non-hydrogen) atoms. The summed E-state index contributed by atoms with van der Waals surface area (Å²) in [6.45, 7) is 9.08. The van der Waals surface area contributed by atoms with Gasteiger partial charge in [0.2, 0.25) is 0 Å². The van der Waals surface area contributed by atoms with Gasteiger partial charge in [-0.1, -0.05) is 12.5 Å². The van der Waals surface area contributed by atoms with Crippen LogP contribution in [0.25, 0.3) is 0 Å². The molecular formula is C17H28N4. The van der Waals surface area contributed by atoms with Crippen LogP contribution in [0.2, 0.25) is 0 Å². The van der Waals surface area contributed by atoms with Gasteiger partial charge in [-0.05, 0) is 51.4 Å². The Balaban J connectivity index is 1.53. The summed E-state index contributed by atoms with van der Waals surface area (Å²) < 4.78 is 0. The molecule has 1 aromatic rings. The Bertz CT molecular complexity index is 442. The van der Waals surface area contributed by atoms with Crippen molar-refractivity contribution in [1.82, 2.24) is 14.8 Å². The van der Waals surface area contributed by atoms with E-state index >= 15 is 0 Å². The standard InChI is InChI=1S/C17H28N4/c1-2-18-17-8-6-7-15(19-17)13-20-12-9-16(14-20)21-10-4-3-5-11-21/h6-8,16H,2-5,9-14H2,1H3,(H,18,19). The smallest absolute Gasteiger partial charge is 0.126 e. The molecule has 1 atom stereocenters. The molecule has 0 saturated carbocycles. The van der Waals surface area contributed by atoms with E-state index in [4.69, 9.17) is 4.98 Å². The lowest BCUT2D eigenvalue weighted by Gasteiger charge is -2.32. The molecule has 2 saturated heterocycles. The predicted octanol–water partition coefficient (Wildman–Crippen LogP) is 2.57. The zero-order valence-electron chi connectivity index (χ0n) is 13.2. The second-order valence-corrected chi connectivity index (χ2v) is 6.32. The van der Waals surface area contributed by atoms with E-state index in [9.17, 15) is 0 Å². The molecule has 3 rings (SSSR count). The van der Waals surface area contributed by atoms with Crippen molar-refractivity contribution >= 4 is 5.82 Å². The minimum absolute atomic E-state index is 0.780. The molecule has 0 aliphatic carbocycles. The highest BCUT2D eigenvalue weighted by molar-refractivity contribution is 5.35. The number of nitrogens with one attached hydrogen (secondary N) is 1. The van der Waals surface area contributed by atoms with Crippen molar-refractivity contribution in [3.63, 3.8) is 0 Å². The summed E-state index contributed by atoms with van der Waals surface area (Å²) in [5.41, 5.74) is 1.19. The predicted molar refractivity (Wildman–Crippen MR) is 87.5 cm³/mol. The van der Waals surface area contributed by atoms with E-state index in [1.54, 1.807) is 0 Å². The minimum atomic E-state index is 0.780. The van der Waals surface area contributed by atoms with Crippen molar-refractivity contribution in [3.8, 4) is 0 Å². The van der Waals surface area contributed by atoms with Gasteiger partial charge in [0.05, 0.1) is 5.69 Å². The molecule has 0 radical (unpaired) electrons. The molecule has 0 aromatic carbocycles. The molecule has 0 spiro atoms.